The van der Waals surface area contributed by atoms with Crippen LogP contribution in [0.25, 0.3) is 10.8 Å². The number of nitrogens with one attached hydrogen (secondary N) is 1. The summed E-state index contributed by atoms with van der Waals surface area (Å²) in [6, 6.07) is 15.8. The summed E-state index contributed by atoms with van der Waals surface area (Å²) in [4.78, 5) is 0. The van der Waals surface area contributed by atoms with E-state index in [4.69, 9.17) is 0 Å². The molecule has 3 rings (SSSR count). The van der Waals surface area contributed by atoms with Gasteiger partial charge < -0.3 is 5.32 Å². The van der Waals surface area contributed by atoms with E-state index in [2.05, 4.69) is 60.8 Å². The van der Waals surface area contributed by atoms with E-state index < -0.39 is 0 Å². The normalized spacial score (nSPS) is 16.6. The van der Waals surface area contributed by atoms with Crippen molar-refractivity contribution < 1.29 is 0 Å². The molecule has 2 aromatic rings. The van der Waals surface area contributed by atoms with E-state index in [1.54, 1.807) is 5.57 Å². The average Bonchev–Trinajstić information content (AvgIpc) is 2.98. The number of hydrogen-bond donors (Lipinski definition) is 1. The molecular formula is C18H21N. The van der Waals surface area contributed by atoms with Gasteiger partial charge in [-0.25, -0.2) is 0 Å². The second-order valence-corrected chi connectivity index (χ2v) is 5.27. The minimum Gasteiger partial charge on any atom is -0.307 e. The lowest BCUT2D eigenvalue weighted by molar-refractivity contribution is 0.606. The maximum atomic E-state index is 3.64. The fourth-order valence-corrected chi connectivity index (χ4v) is 3.01. The summed E-state index contributed by atoms with van der Waals surface area (Å²) in [5, 5.41) is 6.29. The molecule has 1 aliphatic rings. The number of allylic oxidation sites excluding steroid dienone is 1. The van der Waals surface area contributed by atoms with Gasteiger partial charge in [0.15, 0.2) is 0 Å². The van der Waals surface area contributed by atoms with Gasteiger partial charge in [0.05, 0.1) is 6.04 Å². The van der Waals surface area contributed by atoms with Gasteiger partial charge in [0.1, 0.15) is 0 Å². The van der Waals surface area contributed by atoms with Gasteiger partial charge in [-0.3, -0.25) is 0 Å². The molecule has 1 aliphatic carbocycles. The first-order valence-electron chi connectivity index (χ1n) is 7.29. The molecule has 0 fully saturated rings. The molecule has 0 amide bonds. The molecule has 19 heavy (non-hydrogen) atoms. The fraction of sp³-hybridized carbons (Fsp3) is 0.333. The number of fused-ring (bicyclic) bond motifs is 1. The quantitative estimate of drug-likeness (QED) is 0.783. The highest BCUT2D eigenvalue weighted by Gasteiger charge is 2.18. The average molecular weight is 251 g/mol. The van der Waals surface area contributed by atoms with Crippen LogP contribution < -0.4 is 5.32 Å². The Morgan fingerprint density at radius 3 is 2.68 bits per heavy atom. The van der Waals surface area contributed by atoms with Gasteiger partial charge in [0, 0.05) is 0 Å². The van der Waals surface area contributed by atoms with Gasteiger partial charge in [0.2, 0.25) is 0 Å². The molecule has 98 valence electrons. The minimum atomic E-state index is 0.400. The van der Waals surface area contributed by atoms with Gasteiger partial charge >= 0.3 is 0 Å². The maximum Gasteiger partial charge on any atom is 0.0536 e. The smallest absolute Gasteiger partial charge is 0.0536 e. The molecule has 0 aromatic heterocycles. The third-order valence-electron chi connectivity index (χ3n) is 3.96. The predicted molar refractivity (Wildman–Crippen MR) is 82.3 cm³/mol. The molecule has 2 aromatic carbocycles. The second-order valence-electron chi connectivity index (χ2n) is 5.27. The first-order chi connectivity index (χ1) is 9.38. The first-order valence-corrected chi connectivity index (χ1v) is 7.29. The molecule has 0 aliphatic heterocycles. The minimum absolute atomic E-state index is 0.400. The first kappa shape index (κ1) is 12.4. The Morgan fingerprint density at radius 1 is 1.11 bits per heavy atom. The lowest BCUT2D eigenvalue weighted by Gasteiger charge is -2.20. The van der Waals surface area contributed by atoms with Crippen LogP contribution in [-0.2, 0) is 0 Å². The predicted octanol–water partition coefficient (Wildman–Crippen LogP) is 4.60. The Morgan fingerprint density at radius 2 is 1.95 bits per heavy atom. The standard InChI is InChI=1S/C18H21N/c1-2-19-18(15-8-4-5-9-15)17-12-11-14-7-3-6-10-16(14)13-17/h3,6-8,10-13,18-19H,2,4-5,9H2,1H3. The van der Waals surface area contributed by atoms with E-state index in [0.29, 0.717) is 6.04 Å². The van der Waals surface area contributed by atoms with Crippen LogP contribution in [0.3, 0.4) is 0 Å². The SMILES string of the molecule is CCNC(C1=CCCC1)c1ccc2ccccc2c1. The lowest BCUT2D eigenvalue weighted by atomic mass is 9.95. The Hall–Kier alpha value is -1.60. The molecule has 0 bridgehead atoms. The summed E-state index contributed by atoms with van der Waals surface area (Å²) in [5.41, 5.74) is 2.96. The van der Waals surface area contributed by atoms with Crippen LogP contribution in [0.15, 0.2) is 54.1 Å². The monoisotopic (exact) mass is 251 g/mol. The van der Waals surface area contributed by atoms with Gasteiger partial charge in [-0.2, -0.15) is 0 Å². The Kier molecular flexibility index (Phi) is 3.65. The van der Waals surface area contributed by atoms with Gasteiger partial charge in [0.25, 0.3) is 0 Å². The van der Waals surface area contributed by atoms with Crippen molar-refractivity contribution in [3.63, 3.8) is 0 Å². The lowest BCUT2D eigenvalue weighted by Crippen LogP contribution is -2.22. The summed E-state index contributed by atoms with van der Waals surface area (Å²) in [5.74, 6) is 0. The van der Waals surface area contributed by atoms with Crippen molar-refractivity contribution >= 4 is 10.8 Å². The van der Waals surface area contributed by atoms with Crippen molar-refractivity contribution in [2.45, 2.75) is 32.2 Å². The summed E-state index contributed by atoms with van der Waals surface area (Å²) >= 11 is 0. The van der Waals surface area contributed by atoms with Gasteiger partial charge in [-0.15, -0.1) is 0 Å². The molecule has 0 radical (unpaired) electrons. The molecule has 0 saturated carbocycles. The Balaban J connectivity index is 1.99. The zero-order valence-corrected chi connectivity index (χ0v) is 11.5. The third-order valence-corrected chi connectivity index (χ3v) is 3.96. The maximum absolute atomic E-state index is 3.64. The highest BCUT2D eigenvalue weighted by Crippen LogP contribution is 2.32. The molecule has 1 heteroatoms. The Labute approximate surface area is 115 Å². The molecule has 0 saturated heterocycles. The second kappa shape index (κ2) is 5.58. The van der Waals surface area contributed by atoms with E-state index in [-0.39, 0.29) is 0 Å². The van der Waals surface area contributed by atoms with Crippen LogP contribution in [0, 0.1) is 0 Å². The zero-order chi connectivity index (χ0) is 13.1. The van der Waals surface area contributed by atoms with E-state index in [0.717, 1.165) is 6.54 Å². The van der Waals surface area contributed by atoms with Crippen molar-refractivity contribution in [3.8, 4) is 0 Å². The summed E-state index contributed by atoms with van der Waals surface area (Å²) in [6.45, 7) is 3.19. The summed E-state index contributed by atoms with van der Waals surface area (Å²) in [6.07, 6.45) is 6.21. The summed E-state index contributed by atoms with van der Waals surface area (Å²) in [7, 11) is 0. The fourth-order valence-electron chi connectivity index (χ4n) is 3.01. The largest absolute Gasteiger partial charge is 0.307 e. The zero-order valence-electron chi connectivity index (χ0n) is 11.5. The molecule has 1 atom stereocenters. The highest BCUT2D eigenvalue weighted by atomic mass is 14.9. The third kappa shape index (κ3) is 2.57. The molecule has 0 heterocycles. The number of rotatable bonds is 4. The number of benzene rings is 2. The Bertz CT molecular complexity index is 597. The highest BCUT2D eigenvalue weighted by molar-refractivity contribution is 5.83. The van der Waals surface area contributed by atoms with Crippen LogP contribution in [0.5, 0.6) is 0 Å². The van der Waals surface area contributed by atoms with Crippen LogP contribution in [0.1, 0.15) is 37.8 Å². The van der Waals surface area contributed by atoms with Crippen molar-refractivity contribution in [2.24, 2.45) is 0 Å². The van der Waals surface area contributed by atoms with Crippen molar-refractivity contribution in [2.75, 3.05) is 6.54 Å². The topological polar surface area (TPSA) is 12.0 Å². The van der Waals surface area contributed by atoms with Crippen molar-refractivity contribution in [3.05, 3.63) is 59.7 Å². The molecule has 1 nitrogen and oxygen atoms in total. The van der Waals surface area contributed by atoms with E-state index in [1.807, 2.05) is 0 Å². The van der Waals surface area contributed by atoms with Crippen LogP contribution in [0.2, 0.25) is 0 Å². The molecule has 1 unspecified atom stereocenters. The van der Waals surface area contributed by atoms with E-state index in [9.17, 15) is 0 Å². The number of hydrogen-bond acceptors (Lipinski definition) is 1. The van der Waals surface area contributed by atoms with Crippen LogP contribution >= 0.6 is 0 Å². The molecule has 1 N–H and O–H groups in total. The molecular weight excluding hydrogens is 230 g/mol. The van der Waals surface area contributed by atoms with Crippen LogP contribution in [0.4, 0.5) is 0 Å². The van der Waals surface area contributed by atoms with E-state index in [1.165, 1.54) is 35.6 Å². The number of likely N-dealkylation sites (N-methyl/N-ethyl adjacent to an activating group) is 1. The van der Waals surface area contributed by atoms with Crippen LogP contribution in [-0.4, -0.2) is 6.54 Å². The van der Waals surface area contributed by atoms with Crippen molar-refractivity contribution in [1.82, 2.24) is 5.32 Å². The molecule has 0 spiro atoms. The van der Waals surface area contributed by atoms with E-state index >= 15 is 0 Å². The van der Waals surface area contributed by atoms with Crippen molar-refractivity contribution in [1.29, 1.82) is 0 Å². The van der Waals surface area contributed by atoms with Gasteiger partial charge in [-0.1, -0.05) is 55.0 Å². The van der Waals surface area contributed by atoms with Gasteiger partial charge in [-0.05, 0) is 48.2 Å². The summed E-state index contributed by atoms with van der Waals surface area (Å²) < 4.78 is 0.